The molecule has 1 saturated heterocycles. The molecule has 0 saturated carbocycles. The molecule has 37 heavy (non-hydrogen) atoms. The number of nitrogens with one attached hydrogen (secondary N) is 1. The zero-order chi connectivity index (χ0) is 26.0. The Bertz CT molecular complexity index is 1200. The molecule has 8 nitrogen and oxygen atoms in total. The molecule has 196 valence electrons. The van der Waals surface area contributed by atoms with Crippen molar-refractivity contribution in [3.05, 3.63) is 71.9 Å². The molecule has 0 bridgehead atoms. The molecule has 1 N–H and O–H groups in total. The van der Waals surface area contributed by atoms with Crippen LogP contribution in [0, 0.1) is 5.92 Å². The lowest BCUT2D eigenvalue weighted by atomic mass is 9.94. The summed E-state index contributed by atoms with van der Waals surface area (Å²) in [5.41, 5.74) is 2.60. The van der Waals surface area contributed by atoms with Crippen molar-refractivity contribution in [2.75, 3.05) is 26.2 Å². The second-order valence-electron chi connectivity index (χ2n) is 9.32. The summed E-state index contributed by atoms with van der Waals surface area (Å²) in [6.07, 6.45) is 4.63. The molecule has 1 aliphatic heterocycles. The van der Waals surface area contributed by atoms with Gasteiger partial charge >= 0.3 is 12.1 Å². The standard InChI is InChI=1S/C29H35N3O5/c1-2-36-27(33)12-16-30-28(34)25-20-32(26-11-7-6-10-24(25)26)19-15-22-13-17-31(18-14-22)29(35)37-21-23-8-4-3-5-9-23/h3-11,20,22H,2,12-19,21H2,1H3,(H,30,34). The first-order valence-corrected chi connectivity index (χ1v) is 13.0. The van der Waals surface area contributed by atoms with Crippen LogP contribution in [0.2, 0.25) is 0 Å². The van der Waals surface area contributed by atoms with Gasteiger partial charge < -0.3 is 24.3 Å². The van der Waals surface area contributed by atoms with E-state index < -0.39 is 0 Å². The average molecular weight is 506 g/mol. The molecule has 4 rings (SSSR count). The van der Waals surface area contributed by atoms with E-state index in [0.29, 0.717) is 37.8 Å². The third-order valence-electron chi connectivity index (χ3n) is 6.81. The van der Waals surface area contributed by atoms with E-state index in [4.69, 9.17) is 9.47 Å². The molecular weight excluding hydrogens is 470 g/mol. The van der Waals surface area contributed by atoms with Gasteiger partial charge in [0.05, 0.1) is 18.6 Å². The lowest BCUT2D eigenvalue weighted by molar-refractivity contribution is -0.142. The van der Waals surface area contributed by atoms with Crippen LogP contribution in [0.1, 0.15) is 48.5 Å². The Morgan fingerprint density at radius 3 is 2.46 bits per heavy atom. The number of carbonyl (C=O) groups excluding carboxylic acids is 3. The molecular formula is C29H35N3O5. The molecule has 0 radical (unpaired) electrons. The Kier molecular flexibility index (Phi) is 9.18. The summed E-state index contributed by atoms with van der Waals surface area (Å²) in [5.74, 6) is -0.0107. The topological polar surface area (TPSA) is 89.9 Å². The first-order valence-electron chi connectivity index (χ1n) is 13.0. The van der Waals surface area contributed by atoms with Gasteiger partial charge in [-0.25, -0.2) is 4.79 Å². The van der Waals surface area contributed by atoms with Crippen molar-refractivity contribution < 1.29 is 23.9 Å². The van der Waals surface area contributed by atoms with Crippen LogP contribution in [0.25, 0.3) is 10.9 Å². The first-order chi connectivity index (χ1) is 18.0. The van der Waals surface area contributed by atoms with Crippen LogP contribution in [0.15, 0.2) is 60.8 Å². The molecule has 0 atom stereocenters. The smallest absolute Gasteiger partial charge is 0.410 e. The molecule has 0 spiro atoms. The Morgan fingerprint density at radius 1 is 0.973 bits per heavy atom. The molecule has 1 aromatic heterocycles. The number of benzene rings is 2. The number of fused-ring (bicyclic) bond motifs is 1. The summed E-state index contributed by atoms with van der Waals surface area (Å²) in [6.45, 7) is 4.80. The number of esters is 1. The van der Waals surface area contributed by atoms with E-state index in [-0.39, 0.29) is 30.9 Å². The summed E-state index contributed by atoms with van der Waals surface area (Å²) >= 11 is 0. The summed E-state index contributed by atoms with van der Waals surface area (Å²) in [7, 11) is 0. The SMILES string of the molecule is CCOC(=O)CCNC(=O)c1cn(CCC2CCN(C(=O)OCc3ccccc3)CC2)c2ccccc12. The second-order valence-corrected chi connectivity index (χ2v) is 9.32. The predicted octanol–water partition coefficient (Wildman–Crippen LogP) is 4.76. The zero-order valence-corrected chi connectivity index (χ0v) is 21.4. The van der Waals surface area contributed by atoms with Crippen molar-refractivity contribution in [1.82, 2.24) is 14.8 Å². The average Bonchev–Trinajstić information content (AvgIpc) is 3.30. The van der Waals surface area contributed by atoms with Gasteiger partial charge in [0.1, 0.15) is 6.61 Å². The monoisotopic (exact) mass is 505 g/mol. The van der Waals surface area contributed by atoms with Gasteiger partial charge in [-0.05, 0) is 43.7 Å². The lowest BCUT2D eigenvalue weighted by Gasteiger charge is -2.31. The molecule has 8 heteroatoms. The number of likely N-dealkylation sites (tertiary alicyclic amines) is 1. The summed E-state index contributed by atoms with van der Waals surface area (Å²) in [6, 6.07) is 17.6. The number of amides is 2. The maximum Gasteiger partial charge on any atom is 0.410 e. The van der Waals surface area contributed by atoms with Crippen LogP contribution in [-0.2, 0) is 27.4 Å². The van der Waals surface area contributed by atoms with E-state index >= 15 is 0 Å². The molecule has 1 fully saturated rings. The number of carbonyl (C=O) groups is 3. The van der Waals surface area contributed by atoms with E-state index in [2.05, 4.69) is 9.88 Å². The Labute approximate surface area is 217 Å². The fourth-order valence-electron chi connectivity index (χ4n) is 4.76. The quantitative estimate of drug-likeness (QED) is 0.401. The molecule has 3 aromatic rings. The van der Waals surface area contributed by atoms with Crippen LogP contribution >= 0.6 is 0 Å². The van der Waals surface area contributed by atoms with Crippen molar-refractivity contribution >= 4 is 28.9 Å². The molecule has 0 aliphatic carbocycles. The Balaban J connectivity index is 1.27. The van der Waals surface area contributed by atoms with Crippen molar-refractivity contribution in [1.29, 1.82) is 0 Å². The molecule has 1 aliphatic rings. The number of aromatic nitrogens is 1. The van der Waals surface area contributed by atoms with Crippen molar-refractivity contribution in [3.63, 3.8) is 0 Å². The van der Waals surface area contributed by atoms with Gasteiger partial charge in [-0.15, -0.1) is 0 Å². The zero-order valence-electron chi connectivity index (χ0n) is 21.4. The minimum Gasteiger partial charge on any atom is -0.466 e. The van der Waals surface area contributed by atoms with Crippen LogP contribution in [-0.4, -0.2) is 53.7 Å². The van der Waals surface area contributed by atoms with Crippen molar-refractivity contribution in [2.24, 2.45) is 5.92 Å². The number of nitrogens with zero attached hydrogens (tertiary/aromatic N) is 2. The lowest BCUT2D eigenvalue weighted by Crippen LogP contribution is -2.38. The maximum atomic E-state index is 12.8. The maximum absolute atomic E-state index is 12.8. The second kappa shape index (κ2) is 12.9. The van der Waals surface area contributed by atoms with Crippen molar-refractivity contribution in [2.45, 2.75) is 45.8 Å². The summed E-state index contributed by atoms with van der Waals surface area (Å²) in [4.78, 5) is 38.6. The van der Waals surface area contributed by atoms with Crippen LogP contribution in [0.4, 0.5) is 4.79 Å². The molecule has 2 aromatic carbocycles. The molecule has 0 unspecified atom stereocenters. The highest BCUT2D eigenvalue weighted by Crippen LogP contribution is 2.26. The van der Waals surface area contributed by atoms with Gasteiger partial charge in [0, 0.05) is 43.3 Å². The third kappa shape index (κ3) is 7.12. The number of hydrogen-bond donors (Lipinski definition) is 1. The fraction of sp³-hybridized carbons (Fsp3) is 0.414. The van der Waals surface area contributed by atoms with Gasteiger partial charge in [-0.3, -0.25) is 9.59 Å². The third-order valence-corrected chi connectivity index (χ3v) is 6.81. The Hall–Kier alpha value is -3.81. The fourth-order valence-corrected chi connectivity index (χ4v) is 4.76. The highest BCUT2D eigenvalue weighted by Gasteiger charge is 2.24. The predicted molar refractivity (Wildman–Crippen MR) is 141 cm³/mol. The van der Waals surface area contributed by atoms with E-state index in [1.807, 2.05) is 60.8 Å². The van der Waals surface area contributed by atoms with Crippen LogP contribution in [0.5, 0.6) is 0 Å². The largest absolute Gasteiger partial charge is 0.466 e. The van der Waals surface area contributed by atoms with E-state index in [0.717, 1.165) is 42.3 Å². The minimum atomic E-state index is -0.319. The number of hydrogen-bond acceptors (Lipinski definition) is 5. The van der Waals surface area contributed by atoms with Crippen LogP contribution in [0.3, 0.4) is 0 Å². The van der Waals surface area contributed by atoms with E-state index in [1.54, 1.807) is 11.8 Å². The van der Waals surface area contributed by atoms with E-state index in [1.165, 1.54) is 0 Å². The first kappa shape index (κ1) is 26.3. The highest BCUT2D eigenvalue weighted by molar-refractivity contribution is 6.07. The van der Waals surface area contributed by atoms with Gasteiger partial charge in [0.25, 0.3) is 5.91 Å². The molecule has 2 heterocycles. The number of ether oxygens (including phenoxy) is 2. The molecule has 2 amide bonds. The van der Waals surface area contributed by atoms with Gasteiger partial charge in [0.2, 0.25) is 0 Å². The highest BCUT2D eigenvalue weighted by atomic mass is 16.6. The van der Waals surface area contributed by atoms with Gasteiger partial charge in [-0.1, -0.05) is 48.5 Å². The van der Waals surface area contributed by atoms with E-state index in [9.17, 15) is 14.4 Å². The van der Waals surface area contributed by atoms with Crippen molar-refractivity contribution in [3.8, 4) is 0 Å². The summed E-state index contributed by atoms with van der Waals surface area (Å²) in [5, 5.41) is 3.73. The van der Waals surface area contributed by atoms with Gasteiger partial charge in [-0.2, -0.15) is 0 Å². The minimum absolute atomic E-state index is 0.150. The normalized spacial score (nSPS) is 13.9. The number of piperidine rings is 1. The number of aryl methyl sites for hydroxylation is 1. The summed E-state index contributed by atoms with van der Waals surface area (Å²) < 4.78 is 12.5. The number of para-hydroxylation sites is 1. The van der Waals surface area contributed by atoms with Gasteiger partial charge in [0.15, 0.2) is 0 Å². The Morgan fingerprint density at radius 2 is 1.70 bits per heavy atom. The number of rotatable bonds is 10. The van der Waals surface area contributed by atoms with Crippen LogP contribution < -0.4 is 5.32 Å².